The van der Waals surface area contributed by atoms with Crippen molar-refractivity contribution in [3.8, 4) is 34.0 Å². The number of oxazole rings is 1. The predicted octanol–water partition coefficient (Wildman–Crippen LogP) is 5.17. The third-order valence-corrected chi connectivity index (χ3v) is 4.74. The van der Waals surface area contributed by atoms with Gasteiger partial charge in [0.25, 0.3) is 0 Å². The molecule has 0 amide bonds. The lowest BCUT2D eigenvalue weighted by molar-refractivity contribution is 0.572. The number of pyridine rings is 1. The molecule has 5 aromatic rings. The van der Waals surface area contributed by atoms with Crippen LogP contribution in [0.5, 0.6) is 0 Å². The number of rotatable bonds is 3. The summed E-state index contributed by atoms with van der Waals surface area (Å²) in [4.78, 5) is 4.33. The molecular formula is C22H15FN4O. The average molecular weight is 370 g/mol. The lowest BCUT2D eigenvalue weighted by Crippen LogP contribution is -1.93. The van der Waals surface area contributed by atoms with Crippen molar-refractivity contribution in [3.63, 3.8) is 0 Å². The summed E-state index contributed by atoms with van der Waals surface area (Å²) in [5, 5.41) is 8.64. The van der Waals surface area contributed by atoms with Crippen LogP contribution in [-0.2, 0) is 0 Å². The largest absolute Gasteiger partial charge is 0.443 e. The van der Waals surface area contributed by atoms with E-state index in [0.717, 1.165) is 33.7 Å². The second kappa shape index (κ2) is 6.42. The van der Waals surface area contributed by atoms with Crippen LogP contribution < -0.4 is 0 Å². The van der Waals surface area contributed by atoms with Crippen molar-refractivity contribution in [2.75, 3.05) is 0 Å². The topological polar surface area (TPSA) is 56.2 Å². The molecule has 0 radical (unpaired) electrons. The first kappa shape index (κ1) is 16.4. The summed E-state index contributed by atoms with van der Waals surface area (Å²) >= 11 is 0. The number of halogens is 1. The lowest BCUT2D eigenvalue weighted by atomic mass is 10.1. The van der Waals surface area contributed by atoms with Crippen LogP contribution in [0.4, 0.5) is 4.39 Å². The number of aromatic nitrogens is 4. The van der Waals surface area contributed by atoms with Gasteiger partial charge in [0.05, 0.1) is 0 Å². The van der Waals surface area contributed by atoms with Crippen LogP contribution in [0.2, 0.25) is 0 Å². The quantitative estimate of drug-likeness (QED) is 0.440. The molecule has 2 aromatic carbocycles. The molecule has 0 saturated carbocycles. The molecule has 0 spiro atoms. The Hall–Kier alpha value is -3.80. The maximum atomic E-state index is 13.3. The molecule has 3 aromatic heterocycles. The maximum absolute atomic E-state index is 13.3. The highest BCUT2D eigenvalue weighted by atomic mass is 19.1. The van der Waals surface area contributed by atoms with E-state index in [1.54, 1.807) is 12.1 Å². The number of fused-ring (bicyclic) bond motifs is 1. The number of hydrogen-bond acceptors (Lipinski definition) is 4. The van der Waals surface area contributed by atoms with E-state index in [2.05, 4.69) is 15.2 Å². The SMILES string of the molecule is Cc1ccccc1-c1nnc2ccc(-c3ocnc3-c3ccc(F)cc3)cn12. The van der Waals surface area contributed by atoms with Gasteiger partial charge < -0.3 is 4.42 Å². The van der Waals surface area contributed by atoms with Gasteiger partial charge in [-0.3, -0.25) is 4.40 Å². The highest BCUT2D eigenvalue weighted by Gasteiger charge is 2.16. The van der Waals surface area contributed by atoms with Crippen LogP contribution >= 0.6 is 0 Å². The zero-order valence-corrected chi connectivity index (χ0v) is 15.0. The van der Waals surface area contributed by atoms with Gasteiger partial charge in [-0.1, -0.05) is 24.3 Å². The molecule has 0 unspecified atom stereocenters. The molecule has 0 fully saturated rings. The first-order valence-corrected chi connectivity index (χ1v) is 8.81. The van der Waals surface area contributed by atoms with Crippen LogP contribution in [0.3, 0.4) is 0 Å². The monoisotopic (exact) mass is 370 g/mol. The molecule has 5 nitrogen and oxygen atoms in total. The van der Waals surface area contributed by atoms with E-state index in [1.807, 2.05) is 53.9 Å². The van der Waals surface area contributed by atoms with Crippen molar-refractivity contribution >= 4 is 5.65 Å². The van der Waals surface area contributed by atoms with E-state index < -0.39 is 0 Å². The first-order chi connectivity index (χ1) is 13.7. The molecule has 0 aliphatic heterocycles. The predicted molar refractivity (Wildman–Crippen MR) is 104 cm³/mol. The summed E-state index contributed by atoms with van der Waals surface area (Å²) in [5.74, 6) is 1.08. The summed E-state index contributed by atoms with van der Waals surface area (Å²) in [7, 11) is 0. The molecule has 0 aliphatic rings. The van der Waals surface area contributed by atoms with Crippen molar-refractivity contribution < 1.29 is 8.81 Å². The van der Waals surface area contributed by atoms with Gasteiger partial charge in [-0.05, 0) is 48.9 Å². The second-order valence-corrected chi connectivity index (χ2v) is 6.52. The van der Waals surface area contributed by atoms with E-state index in [1.165, 1.54) is 18.5 Å². The van der Waals surface area contributed by atoms with E-state index in [-0.39, 0.29) is 5.82 Å². The van der Waals surface area contributed by atoms with E-state index in [0.29, 0.717) is 11.5 Å². The van der Waals surface area contributed by atoms with Crippen LogP contribution in [0.25, 0.3) is 39.6 Å². The van der Waals surface area contributed by atoms with Crippen LogP contribution in [0.15, 0.2) is 77.7 Å². The van der Waals surface area contributed by atoms with Crippen LogP contribution in [-0.4, -0.2) is 19.6 Å². The average Bonchev–Trinajstić information content (AvgIpc) is 3.36. The van der Waals surface area contributed by atoms with E-state index in [4.69, 9.17) is 4.42 Å². The van der Waals surface area contributed by atoms with Gasteiger partial charge in [-0.25, -0.2) is 9.37 Å². The summed E-state index contributed by atoms with van der Waals surface area (Å²) in [6.07, 6.45) is 3.33. The smallest absolute Gasteiger partial charge is 0.182 e. The standard InChI is InChI=1S/C22H15FN4O/c1-14-4-2-3-5-18(14)22-26-25-19-11-8-16(12-27(19)22)21-20(24-13-28-21)15-6-9-17(23)10-7-15/h2-13H,1H3. The Morgan fingerprint density at radius 1 is 0.893 bits per heavy atom. The van der Waals surface area contributed by atoms with Crippen molar-refractivity contribution in [3.05, 3.63) is 84.6 Å². The van der Waals surface area contributed by atoms with Crippen molar-refractivity contribution in [1.29, 1.82) is 0 Å². The first-order valence-electron chi connectivity index (χ1n) is 8.81. The lowest BCUT2D eigenvalue weighted by Gasteiger charge is -2.06. The maximum Gasteiger partial charge on any atom is 0.182 e. The highest BCUT2D eigenvalue weighted by Crippen LogP contribution is 2.32. The Labute approximate surface area is 160 Å². The van der Waals surface area contributed by atoms with Gasteiger partial charge >= 0.3 is 0 Å². The molecule has 136 valence electrons. The van der Waals surface area contributed by atoms with Crippen LogP contribution in [0, 0.1) is 12.7 Å². The van der Waals surface area contributed by atoms with Gasteiger partial charge in [0, 0.05) is 22.9 Å². The zero-order valence-electron chi connectivity index (χ0n) is 15.0. The number of hydrogen-bond donors (Lipinski definition) is 0. The Kier molecular flexibility index (Phi) is 3.76. The molecule has 28 heavy (non-hydrogen) atoms. The second-order valence-electron chi connectivity index (χ2n) is 6.52. The third kappa shape index (κ3) is 2.66. The van der Waals surface area contributed by atoms with Crippen molar-refractivity contribution in [2.24, 2.45) is 0 Å². The summed E-state index contributed by atoms with van der Waals surface area (Å²) in [6, 6.07) is 18.0. The van der Waals surface area contributed by atoms with Gasteiger partial charge in [0.1, 0.15) is 11.5 Å². The molecule has 0 bridgehead atoms. The third-order valence-electron chi connectivity index (χ3n) is 4.74. The number of benzene rings is 2. The van der Waals surface area contributed by atoms with Gasteiger partial charge in [0.2, 0.25) is 0 Å². The Bertz CT molecular complexity index is 1290. The number of aryl methyl sites for hydroxylation is 1. The molecule has 0 aliphatic carbocycles. The van der Waals surface area contributed by atoms with E-state index in [9.17, 15) is 4.39 Å². The summed E-state index contributed by atoms with van der Waals surface area (Å²) < 4.78 is 20.9. The highest BCUT2D eigenvalue weighted by molar-refractivity contribution is 5.77. The van der Waals surface area contributed by atoms with Crippen molar-refractivity contribution in [1.82, 2.24) is 19.6 Å². The molecule has 0 N–H and O–H groups in total. The normalized spacial score (nSPS) is 11.2. The fraction of sp³-hybridized carbons (Fsp3) is 0.0455. The molecule has 3 heterocycles. The Balaban J connectivity index is 1.66. The fourth-order valence-electron chi connectivity index (χ4n) is 3.30. The zero-order chi connectivity index (χ0) is 19.1. The van der Waals surface area contributed by atoms with Gasteiger partial charge in [0.15, 0.2) is 23.6 Å². The Morgan fingerprint density at radius 3 is 2.50 bits per heavy atom. The fourth-order valence-corrected chi connectivity index (χ4v) is 3.30. The number of nitrogens with zero attached hydrogens (tertiary/aromatic N) is 4. The molecule has 0 saturated heterocycles. The molecule has 6 heteroatoms. The minimum Gasteiger partial charge on any atom is -0.443 e. The molecular weight excluding hydrogens is 355 g/mol. The molecule has 0 atom stereocenters. The van der Waals surface area contributed by atoms with E-state index >= 15 is 0 Å². The van der Waals surface area contributed by atoms with Gasteiger partial charge in [-0.2, -0.15) is 0 Å². The summed E-state index contributed by atoms with van der Waals surface area (Å²) in [5.41, 5.74) is 5.15. The Morgan fingerprint density at radius 2 is 1.68 bits per heavy atom. The minimum atomic E-state index is -0.289. The summed E-state index contributed by atoms with van der Waals surface area (Å²) in [6.45, 7) is 2.04. The molecule has 5 rings (SSSR count). The van der Waals surface area contributed by atoms with Gasteiger partial charge in [-0.15, -0.1) is 10.2 Å². The van der Waals surface area contributed by atoms with Crippen molar-refractivity contribution in [2.45, 2.75) is 6.92 Å². The van der Waals surface area contributed by atoms with Crippen LogP contribution in [0.1, 0.15) is 5.56 Å². The minimum absolute atomic E-state index is 0.289.